The highest BCUT2D eigenvalue weighted by atomic mass is 35.5. The molecular weight excluding hydrogens is 270 g/mol. The van der Waals surface area contributed by atoms with Crippen molar-refractivity contribution in [3.05, 3.63) is 43.2 Å². The van der Waals surface area contributed by atoms with Gasteiger partial charge in [-0.25, -0.2) is 0 Å². The maximum absolute atomic E-state index is 5.94. The molecule has 0 bridgehead atoms. The Morgan fingerprint density at radius 1 is 1.35 bits per heavy atom. The summed E-state index contributed by atoms with van der Waals surface area (Å²) in [6, 6.07) is 6.89. The fourth-order valence-electron chi connectivity index (χ4n) is 2.37. The second-order valence-electron chi connectivity index (χ2n) is 4.33. The smallest absolute Gasteiger partial charge is 0.0931 e. The third-order valence-corrected chi connectivity index (χ3v) is 5.43. The van der Waals surface area contributed by atoms with Crippen LogP contribution in [0.2, 0.25) is 4.34 Å². The van der Waals surface area contributed by atoms with Crippen LogP contribution in [0.25, 0.3) is 0 Å². The summed E-state index contributed by atoms with van der Waals surface area (Å²) in [5.74, 6) is 0. The molecule has 17 heavy (non-hydrogen) atoms. The molecule has 0 saturated carbocycles. The van der Waals surface area contributed by atoms with E-state index in [1.807, 2.05) is 17.4 Å². The SMILES string of the molecule is Clc1ccc(CNC2CCCc3sccc32)s1. The summed E-state index contributed by atoms with van der Waals surface area (Å²) < 4.78 is 0.877. The van der Waals surface area contributed by atoms with Gasteiger partial charge in [0.1, 0.15) is 0 Å². The Labute approximate surface area is 114 Å². The second-order valence-corrected chi connectivity index (χ2v) is 7.13. The average Bonchev–Trinajstić information content (AvgIpc) is 2.94. The van der Waals surface area contributed by atoms with Gasteiger partial charge in [0.05, 0.1) is 4.34 Å². The number of nitrogens with one attached hydrogen (secondary N) is 1. The summed E-state index contributed by atoms with van der Waals surface area (Å²) in [5, 5.41) is 5.87. The van der Waals surface area contributed by atoms with Crippen molar-refractivity contribution in [3.63, 3.8) is 0 Å². The third-order valence-electron chi connectivity index (χ3n) is 3.20. The van der Waals surface area contributed by atoms with Gasteiger partial charge in [-0.3, -0.25) is 0 Å². The molecule has 2 heterocycles. The number of halogens is 1. The quantitative estimate of drug-likeness (QED) is 0.866. The summed E-state index contributed by atoms with van der Waals surface area (Å²) >= 11 is 9.50. The van der Waals surface area contributed by atoms with Crippen LogP contribution in [0, 0.1) is 0 Å². The van der Waals surface area contributed by atoms with Gasteiger partial charge in [-0.05, 0) is 48.4 Å². The van der Waals surface area contributed by atoms with Crippen molar-refractivity contribution in [1.82, 2.24) is 5.32 Å². The lowest BCUT2D eigenvalue weighted by Gasteiger charge is -2.23. The van der Waals surface area contributed by atoms with E-state index < -0.39 is 0 Å². The molecule has 1 unspecified atom stereocenters. The van der Waals surface area contributed by atoms with Crippen molar-refractivity contribution >= 4 is 34.3 Å². The van der Waals surface area contributed by atoms with Crippen LogP contribution in [-0.2, 0) is 13.0 Å². The lowest BCUT2D eigenvalue weighted by atomic mass is 9.94. The molecule has 0 spiro atoms. The first-order valence-electron chi connectivity index (χ1n) is 5.87. The first kappa shape index (κ1) is 11.7. The first-order chi connectivity index (χ1) is 8.33. The van der Waals surface area contributed by atoms with E-state index in [4.69, 9.17) is 11.6 Å². The molecule has 1 aliphatic rings. The molecule has 1 aliphatic carbocycles. The molecule has 1 N–H and O–H groups in total. The molecule has 1 nitrogen and oxygen atoms in total. The highest BCUT2D eigenvalue weighted by Gasteiger charge is 2.20. The number of thiophene rings is 2. The van der Waals surface area contributed by atoms with Crippen LogP contribution in [0.15, 0.2) is 23.6 Å². The Bertz CT molecular complexity index is 503. The molecule has 0 aliphatic heterocycles. The van der Waals surface area contributed by atoms with Gasteiger partial charge in [0, 0.05) is 22.3 Å². The van der Waals surface area contributed by atoms with Crippen LogP contribution < -0.4 is 5.32 Å². The zero-order valence-corrected chi connectivity index (χ0v) is 11.8. The Morgan fingerprint density at radius 2 is 2.29 bits per heavy atom. The highest BCUT2D eigenvalue weighted by molar-refractivity contribution is 7.16. The van der Waals surface area contributed by atoms with E-state index in [2.05, 4.69) is 22.8 Å². The van der Waals surface area contributed by atoms with E-state index in [0.717, 1.165) is 10.9 Å². The molecule has 2 aromatic rings. The number of rotatable bonds is 3. The van der Waals surface area contributed by atoms with E-state index in [1.165, 1.54) is 29.7 Å². The van der Waals surface area contributed by atoms with E-state index in [9.17, 15) is 0 Å². The normalized spacial score (nSPS) is 19.2. The van der Waals surface area contributed by atoms with Gasteiger partial charge in [0.2, 0.25) is 0 Å². The van der Waals surface area contributed by atoms with Crippen LogP contribution >= 0.6 is 34.3 Å². The standard InChI is InChI=1S/C13H14ClNS2/c14-13-5-4-9(17-13)8-15-11-2-1-3-12-10(11)6-7-16-12/h4-7,11,15H,1-3,8H2. The molecule has 0 amide bonds. The molecule has 2 aromatic heterocycles. The van der Waals surface area contributed by atoms with Gasteiger partial charge in [0.15, 0.2) is 0 Å². The van der Waals surface area contributed by atoms with Gasteiger partial charge in [-0.15, -0.1) is 22.7 Å². The van der Waals surface area contributed by atoms with Crippen LogP contribution in [0.3, 0.4) is 0 Å². The Morgan fingerprint density at radius 3 is 3.12 bits per heavy atom. The lowest BCUT2D eigenvalue weighted by molar-refractivity contribution is 0.465. The maximum atomic E-state index is 5.94. The molecule has 90 valence electrons. The van der Waals surface area contributed by atoms with Crippen molar-refractivity contribution < 1.29 is 0 Å². The number of fused-ring (bicyclic) bond motifs is 1. The van der Waals surface area contributed by atoms with E-state index in [0.29, 0.717) is 6.04 Å². The van der Waals surface area contributed by atoms with Crippen molar-refractivity contribution in [2.24, 2.45) is 0 Å². The lowest BCUT2D eigenvalue weighted by Crippen LogP contribution is -2.23. The predicted octanol–water partition coefficient (Wildman–Crippen LogP) is 4.63. The van der Waals surface area contributed by atoms with Crippen LogP contribution in [0.4, 0.5) is 0 Å². The van der Waals surface area contributed by atoms with E-state index >= 15 is 0 Å². The molecule has 3 rings (SSSR count). The van der Waals surface area contributed by atoms with Crippen molar-refractivity contribution in [1.29, 1.82) is 0 Å². The predicted molar refractivity (Wildman–Crippen MR) is 76.2 cm³/mol. The fourth-order valence-corrected chi connectivity index (χ4v) is 4.39. The topological polar surface area (TPSA) is 12.0 Å². The van der Waals surface area contributed by atoms with Crippen LogP contribution in [0.1, 0.15) is 34.2 Å². The van der Waals surface area contributed by atoms with Crippen molar-refractivity contribution in [2.45, 2.75) is 31.8 Å². The van der Waals surface area contributed by atoms with Gasteiger partial charge in [0.25, 0.3) is 0 Å². The minimum Gasteiger partial charge on any atom is -0.305 e. The minimum absolute atomic E-state index is 0.533. The molecular formula is C13H14ClNS2. The van der Waals surface area contributed by atoms with Gasteiger partial charge in [-0.1, -0.05) is 11.6 Å². The molecule has 0 fully saturated rings. The zero-order valence-electron chi connectivity index (χ0n) is 9.41. The third kappa shape index (κ3) is 2.58. The number of hydrogen-bond acceptors (Lipinski definition) is 3. The Balaban J connectivity index is 1.67. The summed E-state index contributed by atoms with van der Waals surface area (Å²) in [6.07, 6.45) is 3.81. The van der Waals surface area contributed by atoms with Gasteiger partial charge < -0.3 is 5.32 Å². The first-order valence-corrected chi connectivity index (χ1v) is 7.94. The Hall–Kier alpha value is -0.350. The summed E-state index contributed by atoms with van der Waals surface area (Å²) in [7, 11) is 0. The molecule has 0 saturated heterocycles. The monoisotopic (exact) mass is 283 g/mol. The second kappa shape index (κ2) is 5.11. The fraction of sp³-hybridized carbons (Fsp3) is 0.385. The summed E-state index contributed by atoms with van der Waals surface area (Å²) in [4.78, 5) is 2.88. The number of hydrogen-bond donors (Lipinski definition) is 1. The summed E-state index contributed by atoms with van der Waals surface area (Å²) in [5.41, 5.74) is 1.52. The van der Waals surface area contributed by atoms with Crippen molar-refractivity contribution in [2.75, 3.05) is 0 Å². The minimum atomic E-state index is 0.533. The highest BCUT2D eigenvalue weighted by Crippen LogP contribution is 2.33. The van der Waals surface area contributed by atoms with Gasteiger partial charge in [-0.2, -0.15) is 0 Å². The van der Waals surface area contributed by atoms with Gasteiger partial charge >= 0.3 is 0 Å². The van der Waals surface area contributed by atoms with Crippen LogP contribution in [0.5, 0.6) is 0 Å². The average molecular weight is 284 g/mol. The largest absolute Gasteiger partial charge is 0.305 e. The van der Waals surface area contributed by atoms with E-state index in [-0.39, 0.29) is 0 Å². The van der Waals surface area contributed by atoms with E-state index in [1.54, 1.807) is 16.2 Å². The molecule has 0 radical (unpaired) electrons. The molecule has 1 atom stereocenters. The number of aryl methyl sites for hydroxylation is 1. The maximum Gasteiger partial charge on any atom is 0.0931 e. The Kier molecular flexibility index (Phi) is 3.52. The van der Waals surface area contributed by atoms with Crippen LogP contribution in [-0.4, -0.2) is 0 Å². The molecule has 0 aromatic carbocycles. The summed E-state index contributed by atoms with van der Waals surface area (Å²) in [6.45, 7) is 0.928. The molecule has 4 heteroatoms. The zero-order chi connectivity index (χ0) is 11.7. The van der Waals surface area contributed by atoms with Crippen molar-refractivity contribution in [3.8, 4) is 0 Å².